The highest BCUT2D eigenvalue weighted by Crippen LogP contribution is 2.50. The summed E-state index contributed by atoms with van der Waals surface area (Å²) in [6.07, 6.45) is 0. The van der Waals surface area contributed by atoms with Gasteiger partial charge in [0, 0.05) is 10.9 Å². The lowest BCUT2D eigenvalue weighted by molar-refractivity contribution is 0.487. The predicted octanol–water partition coefficient (Wildman–Crippen LogP) is 14.2. The Morgan fingerprint density at radius 2 is 0.863 bits per heavy atom. The average molecular weight is 647 g/mol. The summed E-state index contributed by atoms with van der Waals surface area (Å²) < 4.78 is 6.60. The Morgan fingerprint density at radius 1 is 0.255 bits per heavy atom. The third kappa shape index (κ3) is 4.35. The second kappa shape index (κ2) is 10.9. The highest BCUT2D eigenvalue weighted by molar-refractivity contribution is 6.24. The molecule has 1 heterocycles. The summed E-state index contributed by atoms with van der Waals surface area (Å²) in [6.45, 7) is 0. The highest BCUT2D eigenvalue weighted by atomic mass is 16.5. The summed E-state index contributed by atoms with van der Waals surface area (Å²) in [5.41, 5.74) is 12.0. The molecule has 0 saturated heterocycles. The Bertz CT molecular complexity index is 2910. The van der Waals surface area contributed by atoms with Gasteiger partial charge in [-0.2, -0.15) is 0 Å². The van der Waals surface area contributed by atoms with Crippen LogP contribution in [0.3, 0.4) is 0 Å². The standard InChI is InChI=1S/C50H30O/c1-3-9-31(10-4-1)35-22-25-46-45(29-35)43-16-8-15-42-41(24-26-47(51-46)50(42)43)36-21-23-40(32-11-5-2-6-12-32)44(30-36)39-27-37-19-17-33-13-7-14-34-18-20-38(28-39)49(37)48(33)34/h1-30H. The molecule has 0 atom stereocenters. The van der Waals surface area contributed by atoms with Crippen LogP contribution in [-0.4, -0.2) is 0 Å². The van der Waals surface area contributed by atoms with Crippen LogP contribution in [0.15, 0.2) is 182 Å². The van der Waals surface area contributed by atoms with Crippen LogP contribution in [0.4, 0.5) is 0 Å². The van der Waals surface area contributed by atoms with E-state index in [1.807, 2.05) is 0 Å². The Hall–Kier alpha value is -6.70. The molecule has 0 unspecified atom stereocenters. The summed E-state index contributed by atoms with van der Waals surface area (Å²) in [7, 11) is 0. The number of fused-ring (bicyclic) bond motifs is 2. The third-order valence-corrected chi connectivity index (χ3v) is 10.8. The van der Waals surface area contributed by atoms with Crippen molar-refractivity contribution in [1.29, 1.82) is 0 Å². The van der Waals surface area contributed by atoms with Crippen molar-refractivity contribution < 1.29 is 4.74 Å². The largest absolute Gasteiger partial charge is 0.456 e. The lowest BCUT2D eigenvalue weighted by Gasteiger charge is -2.23. The van der Waals surface area contributed by atoms with Crippen molar-refractivity contribution in [3.8, 4) is 67.1 Å². The van der Waals surface area contributed by atoms with E-state index in [2.05, 4.69) is 182 Å². The van der Waals surface area contributed by atoms with Gasteiger partial charge in [0.15, 0.2) is 0 Å². The van der Waals surface area contributed by atoms with E-state index < -0.39 is 0 Å². The molecule has 236 valence electrons. The molecule has 10 aromatic rings. The van der Waals surface area contributed by atoms with E-state index in [0.717, 1.165) is 22.4 Å². The molecule has 0 radical (unpaired) electrons. The van der Waals surface area contributed by atoms with Crippen molar-refractivity contribution >= 4 is 43.1 Å². The van der Waals surface area contributed by atoms with Gasteiger partial charge < -0.3 is 4.74 Å². The molecule has 0 N–H and O–H groups in total. The van der Waals surface area contributed by atoms with E-state index in [1.54, 1.807) is 0 Å². The van der Waals surface area contributed by atoms with E-state index in [-0.39, 0.29) is 0 Å². The average Bonchev–Trinajstić information content (AvgIpc) is 3.20. The van der Waals surface area contributed by atoms with Gasteiger partial charge in [0.2, 0.25) is 0 Å². The molecular weight excluding hydrogens is 617 g/mol. The summed E-state index contributed by atoms with van der Waals surface area (Å²) >= 11 is 0. The molecule has 0 aliphatic carbocycles. The molecule has 10 aromatic carbocycles. The van der Waals surface area contributed by atoms with Crippen LogP contribution >= 0.6 is 0 Å². The number of ether oxygens (including phenoxy) is 1. The molecule has 1 aliphatic rings. The van der Waals surface area contributed by atoms with Crippen LogP contribution in [0.1, 0.15) is 0 Å². The van der Waals surface area contributed by atoms with E-state index in [0.29, 0.717) is 0 Å². The first-order valence-electron chi connectivity index (χ1n) is 17.6. The van der Waals surface area contributed by atoms with Crippen molar-refractivity contribution in [2.75, 3.05) is 0 Å². The zero-order valence-electron chi connectivity index (χ0n) is 27.7. The summed E-state index contributed by atoms with van der Waals surface area (Å²) in [5, 5.41) is 10.1. The van der Waals surface area contributed by atoms with Crippen LogP contribution in [0, 0.1) is 0 Å². The van der Waals surface area contributed by atoms with E-state index in [9.17, 15) is 0 Å². The summed E-state index contributed by atoms with van der Waals surface area (Å²) in [5.74, 6) is 1.79. The molecule has 1 heteroatoms. The Kier molecular flexibility index (Phi) is 6.02. The zero-order valence-corrected chi connectivity index (χ0v) is 27.7. The Morgan fingerprint density at radius 3 is 1.63 bits per heavy atom. The molecule has 0 fully saturated rings. The maximum atomic E-state index is 6.60. The third-order valence-electron chi connectivity index (χ3n) is 10.8. The summed E-state index contributed by atoms with van der Waals surface area (Å²) in [4.78, 5) is 0. The van der Waals surface area contributed by atoms with Crippen LogP contribution in [0.2, 0.25) is 0 Å². The van der Waals surface area contributed by atoms with Gasteiger partial charge in [0.25, 0.3) is 0 Å². The van der Waals surface area contributed by atoms with Crippen molar-refractivity contribution in [3.63, 3.8) is 0 Å². The Labute approximate surface area is 296 Å². The van der Waals surface area contributed by atoms with E-state index in [4.69, 9.17) is 4.74 Å². The minimum absolute atomic E-state index is 0.895. The van der Waals surface area contributed by atoms with Gasteiger partial charge in [-0.25, -0.2) is 0 Å². The van der Waals surface area contributed by atoms with Crippen LogP contribution < -0.4 is 4.74 Å². The first kappa shape index (κ1) is 28.2. The SMILES string of the molecule is c1ccc(-c2ccc3c(c2)-c2cccc4c(-c5ccc(-c6ccccc6)c(-c6cc7ccc8cccc9ccc(c6)c7c89)c5)ccc(c24)O3)cc1. The minimum atomic E-state index is 0.895. The van der Waals surface area contributed by atoms with E-state index in [1.165, 1.54) is 87.8 Å². The van der Waals surface area contributed by atoms with Gasteiger partial charge in [0.1, 0.15) is 11.5 Å². The summed E-state index contributed by atoms with van der Waals surface area (Å²) in [6, 6.07) is 66.3. The first-order valence-corrected chi connectivity index (χ1v) is 17.6. The predicted molar refractivity (Wildman–Crippen MR) is 215 cm³/mol. The fourth-order valence-corrected chi connectivity index (χ4v) is 8.42. The van der Waals surface area contributed by atoms with Gasteiger partial charge in [0.05, 0.1) is 0 Å². The van der Waals surface area contributed by atoms with Crippen LogP contribution in [-0.2, 0) is 0 Å². The molecule has 0 bridgehead atoms. The van der Waals surface area contributed by atoms with Crippen molar-refractivity contribution in [2.24, 2.45) is 0 Å². The number of hydrogen-bond donors (Lipinski definition) is 0. The lowest BCUT2D eigenvalue weighted by atomic mass is 9.86. The molecule has 0 saturated carbocycles. The van der Waals surface area contributed by atoms with E-state index >= 15 is 0 Å². The zero-order chi connectivity index (χ0) is 33.5. The number of rotatable bonds is 4. The van der Waals surface area contributed by atoms with Gasteiger partial charge in [-0.05, 0) is 124 Å². The molecule has 1 nitrogen and oxygen atoms in total. The molecular formula is C50H30O. The second-order valence-electron chi connectivity index (χ2n) is 13.7. The first-order chi connectivity index (χ1) is 25.3. The van der Waals surface area contributed by atoms with Gasteiger partial charge in [-0.3, -0.25) is 0 Å². The second-order valence-corrected chi connectivity index (χ2v) is 13.7. The van der Waals surface area contributed by atoms with Crippen LogP contribution in [0.25, 0.3) is 98.7 Å². The molecule has 0 aromatic heterocycles. The molecule has 1 aliphatic heterocycles. The molecule has 11 rings (SSSR count). The lowest BCUT2D eigenvalue weighted by Crippen LogP contribution is -1.98. The monoisotopic (exact) mass is 646 g/mol. The Balaban J connectivity index is 1.12. The maximum absolute atomic E-state index is 6.60. The number of benzene rings is 10. The fourth-order valence-electron chi connectivity index (χ4n) is 8.42. The normalized spacial score (nSPS) is 12.1. The molecule has 51 heavy (non-hydrogen) atoms. The molecule has 0 amide bonds. The quantitative estimate of drug-likeness (QED) is 0.173. The number of hydrogen-bond acceptors (Lipinski definition) is 1. The van der Waals surface area contributed by atoms with Gasteiger partial charge >= 0.3 is 0 Å². The van der Waals surface area contributed by atoms with Crippen molar-refractivity contribution in [3.05, 3.63) is 182 Å². The van der Waals surface area contributed by atoms with Crippen molar-refractivity contribution in [1.82, 2.24) is 0 Å². The van der Waals surface area contributed by atoms with Gasteiger partial charge in [-0.15, -0.1) is 0 Å². The van der Waals surface area contributed by atoms with Crippen molar-refractivity contribution in [2.45, 2.75) is 0 Å². The maximum Gasteiger partial charge on any atom is 0.135 e. The highest BCUT2D eigenvalue weighted by Gasteiger charge is 2.23. The van der Waals surface area contributed by atoms with Gasteiger partial charge in [-0.1, -0.05) is 146 Å². The molecule has 0 spiro atoms. The minimum Gasteiger partial charge on any atom is -0.456 e. The van der Waals surface area contributed by atoms with Crippen LogP contribution in [0.5, 0.6) is 11.5 Å². The topological polar surface area (TPSA) is 9.23 Å². The fraction of sp³-hybridized carbons (Fsp3) is 0. The smallest absolute Gasteiger partial charge is 0.135 e.